The van der Waals surface area contributed by atoms with Gasteiger partial charge in [0, 0.05) is 11.3 Å². The predicted molar refractivity (Wildman–Crippen MR) is 106 cm³/mol. The summed E-state index contributed by atoms with van der Waals surface area (Å²) in [6, 6.07) is 11.5. The van der Waals surface area contributed by atoms with Crippen LogP contribution < -0.4 is 5.32 Å². The van der Waals surface area contributed by atoms with Crippen molar-refractivity contribution in [3.63, 3.8) is 0 Å². The lowest BCUT2D eigenvalue weighted by molar-refractivity contribution is -0.148. The second-order valence-electron chi connectivity index (χ2n) is 6.43. The van der Waals surface area contributed by atoms with Crippen molar-refractivity contribution in [2.24, 2.45) is 0 Å². The average molecular weight is 388 g/mol. The summed E-state index contributed by atoms with van der Waals surface area (Å²) in [4.78, 5) is 37.5. The number of Topliss-reactive ketones (excluding diaryl/α,β-unsaturated/α-hetero) is 1. The van der Waals surface area contributed by atoms with E-state index in [9.17, 15) is 14.4 Å². The minimum Gasteiger partial charge on any atom is -0.456 e. The number of ether oxygens (including phenoxy) is 1. The Hall–Kier alpha value is -2.47. The first-order valence-corrected chi connectivity index (χ1v) is 9.82. The van der Waals surface area contributed by atoms with Gasteiger partial charge in [0.25, 0.3) is 5.91 Å². The number of benzene rings is 1. The van der Waals surface area contributed by atoms with Crippen LogP contribution in [0.4, 0.5) is 0 Å². The van der Waals surface area contributed by atoms with Gasteiger partial charge in [-0.2, -0.15) is 0 Å². The van der Waals surface area contributed by atoms with E-state index in [0.29, 0.717) is 4.88 Å². The zero-order valence-corrected chi connectivity index (χ0v) is 16.7. The molecule has 2 rings (SSSR count). The smallest absolute Gasteiger partial charge is 0.306 e. The molecule has 1 aromatic heterocycles. The van der Waals surface area contributed by atoms with E-state index in [1.54, 1.807) is 6.07 Å². The molecule has 27 heavy (non-hydrogen) atoms. The van der Waals surface area contributed by atoms with Crippen LogP contribution in [-0.2, 0) is 14.3 Å². The van der Waals surface area contributed by atoms with Crippen molar-refractivity contribution in [2.45, 2.75) is 46.1 Å². The van der Waals surface area contributed by atoms with Gasteiger partial charge in [0.2, 0.25) is 0 Å². The number of ketones is 1. The number of hydrogen-bond donors (Lipinski definition) is 1. The summed E-state index contributed by atoms with van der Waals surface area (Å²) in [5.41, 5.74) is 2.17. The Bertz CT molecular complexity index is 795. The molecular weight excluding hydrogens is 362 g/mol. The monoisotopic (exact) mass is 387 g/mol. The molecule has 0 unspecified atom stereocenters. The number of nitrogens with one attached hydrogen (secondary N) is 1. The summed E-state index contributed by atoms with van der Waals surface area (Å²) in [6.07, 6.45) is 0.789. The molecule has 0 radical (unpaired) electrons. The SMILES string of the molecule is CC[C@H](NC(=O)COC(=O)CCC(=O)c1ccc(C)s1)c1ccc(C)cc1. The van der Waals surface area contributed by atoms with Gasteiger partial charge >= 0.3 is 5.97 Å². The first kappa shape index (κ1) is 20.8. The van der Waals surface area contributed by atoms with Crippen molar-refractivity contribution in [3.05, 3.63) is 57.3 Å². The molecule has 5 nitrogen and oxygen atoms in total. The van der Waals surface area contributed by atoms with Crippen LogP contribution in [0.15, 0.2) is 36.4 Å². The van der Waals surface area contributed by atoms with Crippen molar-refractivity contribution in [2.75, 3.05) is 6.61 Å². The van der Waals surface area contributed by atoms with Crippen LogP contribution >= 0.6 is 11.3 Å². The standard InChI is InChI=1S/C21H25NO4S/c1-4-17(16-8-5-14(2)6-9-16)22-20(24)13-26-21(25)12-10-18(23)19-11-7-15(3)27-19/h5-9,11,17H,4,10,12-13H2,1-3H3,(H,22,24)/t17-/m0/s1. The van der Waals surface area contributed by atoms with Gasteiger partial charge in [-0.15, -0.1) is 11.3 Å². The van der Waals surface area contributed by atoms with Crippen molar-refractivity contribution in [3.8, 4) is 0 Å². The van der Waals surface area contributed by atoms with E-state index >= 15 is 0 Å². The van der Waals surface area contributed by atoms with Crippen LogP contribution in [-0.4, -0.2) is 24.3 Å². The highest BCUT2D eigenvalue weighted by molar-refractivity contribution is 7.14. The lowest BCUT2D eigenvalue weighted by Crippen LogP contribution is -2.32. The van der Waals surface area contributed by atoms with Crippen molar-refractivity contribution in [1.29, 1.82) is 0 Å². The Morgan fingerprint density at radius 1 is 1.04 bits per heavy atom. The summed E-state index contributed by atoms with van der Waals surface area (Å²) in [5.74, 6) is -0.980. The molecule has 0 spiro atoms. The van der Waals surface area contributed by atoms with Gasteiger partial charge in [-0.05, 0) is 38.0 Å². The lowest BCUT2D eigenvalue weighted by Gasteiger charge is -2.17. The van der Waals surface area contributed by atoms with Crippen molar-refractivity contribution in [1.82, 2.24) is 5.32 Å². The second-order valence-corrected chi connectivity index (χ2v) is 7.72. The van der Waals surface area contributed by atoms with E-state index in [1.165, 1.54) is 11.3 Å². The summed E-state index contributed by atoms with van der Waals surface area (Å²) in [7, 11) is 0. The van der Waals surface area contributed by atoms with Crippen LogP contribution in [0.1, 0.15) is 57.9 Å². The molecule has 0 saturated carbocycles. The van der Waals surface area contributed by atoms with Crippen molar-refractivity contribution < 1.29 is 19.1 Å². The molecule has 0 bridgehead atoms. The zero-order chi connectivity index (χ0) is 19.8. The molecule has 144 valence electrons. The third-order valence-corrected chi connectivity index (χ3v) is 5.20. The van der Waals surface area contributed by atoms with Gasteiger partial charge in [-0.1, -0.05) is 36.8 Å². The Balaban J connectivity index is 1.74. The predicted octanol–water partition coefficient (Wildman–Crippen LogP) is 4.14. The van der Waals surface area contributed by atoms with Crippen molar-refractivity contribution >= 4 is 29.0 Å². The summed E-state index contributed by atoms with van der Waals surface area (Å²) in [5, 5.41) is 2.87. The minimum atomic E-state index is -0.546. The van der Waals surface area contributed by atoms with E-state index in [4.69, 9.17) is 4.74 Å². The van der Waals surface area contributed by atoms with Gasteiger partial charge in [0.15, 0.2) is 12.4 Å². The maximum Gasteiger partial charge on any atom is 0.306 e. The van der Waals surface area contributed by atoms with E-state index in [0.717, 1.165) is 22.4 Å². The van der Waals surface area contributed by atoms with E-state index < -0.39 is 5.97 Å². The highest BCUT2D eigenvalue weighted by Crippen LogP contribution is 2.18. The summed E-state index contributed by atoms with van der Waals surface area (Å²) in [6.45, 7) is 5.57. The number of aryl methyl sites for hydroxylation is 2. The third-order valence-electron chi connectivity index (χ3n) is 4.16. The minimum absolute atomic E-state index is 0.0295. The average Bonchev–Trinajstić information content (AvgIpc) is 3.09. The molecule has 0 aliphatic carbocycles. The number of carbonyl (C=O) groups excluding carboxylic acids is 3. The number of rotatable bonds is 9. The molecule has 0 aliphatic heterocycles. The Kier molecular flexibility index (Phi) is 7.73. The number of carbonyl (C=O) groups is 3. The molecule has 0 fully saturated rings. The molecule has 0 saturated heterocycles. The quantitative estimate of drug-likeness (QED) is 0.518. The van der Waals surface area contributed by atoms with Gasteiger partial charge in [-0.25, -0.2) is 0 Å². The highest BCUT2D eigenvalue weighted by atomic mass is 32.1. The Morgan fingerprint density at radius 3 is 2.33 bits per heavy atom. The van der Waals surface area contributed by atoms with Crippen LogP contribution in [0.2, 0.25) is 0 Å². The van der Waals surface area contributed by atoms with Crippen LogP contribution in [0.25, 0.3) is 0 Å². The molecule has 6 heteroatoms. The second kappa shape index (κ2) is 10.0. The van der Waals surface area contributed by atoms with Crippen LogP contribution in [0, 0.1) is 13.8 Å². The van der Waals surface area contributed by atoms with Crippen LogP contribution in [0.3, 0.4) is 0 Å². The topological polar surface area (TPSA) is 72.5 Å². The van der Waals surface area contributed by atoms with Gasteiger partial charge < -0.3 is 10.1 Å². The van der Waals surface area contributed by atoms with Crippen LogP contribution in [0.5, 0.6) is 0 Å². The fourth-order valence-corrected chi connectivity index (χ4v) is 3.43. The molecule has 1 aromatic carbocycles. The first-order chi connectivity index (χ1) is 12.9. The Labute approximate surface area is 163 Å². The number of thiophene rings is 1. The number of esters is 1. The third kappa shape index (κ3) is 6.64. The lowest BCUT2D eigenvalue weighted by atomic mass is 10.0. The highest BCUT2D eigenvalue weighted by Gasteiger charge is 2.16. The van der Waals surface area contributed by atoms with Gasteiger partial charge in [-0.3, -0.25) is 14.4 Å². The Morgan fingerprint density at radius 2 is 1.74 bits per heavy atom. The van der Waals surface area contributed by atoms with E-state index in [2.05, 4.69) is 5.32 Å². The number of hydrogen-bond acceptors (Lipinski definition) is 5. The molecule has 1 atom stereocenters. The molecule has 1 amide bonds. The number of amides is 1. The first-order valence-electron chi connectivity index (χ1n) is 9.00. The largest absolute Gasteiger partial charge is 0.456 e. The summed E-state index contributed by atoms with van der Waals surface area (Å²) < 4.78 is 5.00. The molecule has 1 N–H and O–H groups in total. The maximum atomic E-state index is 12.1. The molecule has 2 aromatic rings. The molecule has 1 heterocycles. The fraction of sp³-hybridized carbons (Fsp3) is 0.381. The summed E-state index contributed by atoms with van der Waals surface area (Å²) >= 11 is 1.41. The zero-order valence-electron chi connectivity index (χ0n) is 15.9. The van der Waals surface area contributed by atoms with Gasteiger partial charge in [0.05, 0.1) is 17.3 Å². The normalized spacial score (nSPS) is 11.7. The fourth-order valence-electron chi connectivity index (χ4n) is 2.60. The molecule has 0 aliphatic rings. The van der Waals surface area contributed by atoms with E-state index in [-0.39, 0.29) is 37.2 Å². The molecular formula is C21H25NO4S. The maximum absolute atomic E-state index is 12.1. The van der Waals surface area contributed by atoms with Gasteiger partial charge in [0.1, 0.15) is 0 Å². The van der Waals surface area contributed by atoms with E-state index in [1.807, 2.05) is 51.1 Å².